The zero-order valence-electron chi connectivity index (χ0n) is 13.7. The molecule has 0 spiro atoms. The van der Waals surface area contributed by atoms with Gasteiger partial charge in [-0.05, 0) is 37.8 Å². The van der Waals surface area contributed by atoms with Crippen LogP contribution in [0.15, 0.2) is 28.5 Å². The van der Waals surface area contributed by atoms with Gasteiger partial charge in [0.1, 0.15) is 5.49 Å². The highest BCUT2D eigenvalue weighted by Gasteiger charge is 2.33. The minimum absolute atomic E-state index is 0.0543. The first-order chi connectivity index (χ1) is 12.5. The summed E-state index contributed by atoms with van der Waals surface area (Å²) in [5.41, 5.74) is 0.481. The van der Waals surface area contributed by atoms with Crippen molar-refractivity contribution in [3.8, 4) is 0 Å². The summed E-state index contributed by atoms with van der Waals surface area (Å²) in [5, 5.41) is 8.19. The van der Waals surface area contributed by atoms with Gasteiger partial charge < -0.3 is 9.32 Å². The van der Waals surface area contributed by atoms with E-state index in [4.69, 9.17) is 4.84 Å². The lowest BCUT2D eigenvalue weighted by Crippen LogP contribution is -2.33. The molecule has 0 radical (unpaired) electrons. The van der Waals surface area contributed by atoms with E-state index in [0.717, 1.165) is 37.6 Å². The minimum atomic E-state index is -2.96. The Bertz CT molecular complexity index is 828. The van der Waals surface area contributed by atoms with Crippen molar-refractivity contribution in [1.82, 2.24) is 9.54 Å². The van der Waals surface area contributed by atoms with E-state index < -0.39 is 25.2 Å². The molecule has 0 unspecified atom stereocenters. The van der Waals surface area contributed by atoms with Crippen molar-refractivity contribution in [2.45, 2.75) is 38.5 Å². The van der Waals surface area contributed by atoms with Gasteiger partial charge in [-0.3, -0.25) is 18.2 Å². The predicted molar refractivity (Wildman–Crippen MR) is 85.8 cm³/mol. The Morgan fingerprint density at radius 1 is 1.04 bits per heavy atom. The molecule has 1 aromatic heterocycles. The van der Waals surface area contributed by atoms with Crippen molar-refractivity contribution in [2.24, 2.45) is 10.2 Å². The number of aromatic nitrogens is 1. The van der Waals surface area contributed by atoms with Crippen molar-refractivity contribution < 1.29 is 27.9 Å². The Labute approximate surface area is 147 Å². The van der Waals surface area contributed by atoms with Gasteiger partial charge in [-0.2, -0.15) is 5.10 Å². The first-order valence-corrected chi connectivity index (χ1v) is 8.13. The van der Waals surface area contributed by atoms with Gasteiger partial charge in [0.15, 0.2) is 0 Å². The number of nitrogens with zero attached hydrogens (tertiary/aromatic N) is 4. The summed E-state index contributed by atoms with van der Waals surface area (Å²) in [6.45, 7) is 0. The summed E-state index contributed by atoms with van der Waals surface area (Å²) < 4.78 is 27.0. The van der Waals surface area contributed by atoms with Crippen LogP contribution in [-0.4, -0.2) is 40.4 Å². The molecule has 136 valence electrons. The molecule has 2 fully saturated rings. The lowest BCUT2D eigenvalue weighted by atomic mass is 10.2. The monoisotopic (exact) mass is 364 g/mol. The number of carbonyl (C=O) groups is 3. The first kappa shape index (κ1) is 18.0. The summed E-state index contributed by atoms with van der Waals surface area (Å²) >= 11 is 0. The van der Waals surface area contributed by atoms with Crippen molar-refractivity contribution in [2.75, 3.05) is 0 Å². The molecule has 2 aliphatic rings. The van der Waals surface area contributed by atoms with Gasteiger partial charge in [-0.1, -0.05) is 0 Å². The van der Waals surface area contributed by atoms with E-state index in [-0.39, 0.29) is 23.9 Å². The van der Waals surface area contributed by atoms with E-state index in [2.05, 4.69) is 10.2 Å². The number of imide groups is 1. The van der Waals surface area contributed by atoms with Crippen LogP contribution in [0.1, 0.15) is 48.9 Å². The van der Waals surface area contributed by atoms with Crippen LogP contribution in [0.4, 0.5) is 8.63 Å². The average molecular weight is 364 g/mol. The van der Waals surface area contributed by atoms with Crippen LogP contribution in [0.5, 0.6) is 0 Å². The van der Waals surface area contributed by atoms with E-state index in [1.54, 1.807) is 0 Å². The third kappa shape index (κ3) is 3.86. The van der Waals surface area contributed by atoms with E-state index in [1.807, 2.05) is 0 Å². The van der Waals surface area contributed by atoms with Gasteiger partial charge in [0.2, 0.25) is 0 Å². The van der Waals surface area contributed by atoms with Crippen molar-refractivity contribution >= 4 is 30.9 Å². The summed E-state index contributed by atoms with van der Waals surface area (Å²) in [5.74, 6) is -2.38. The zero-order valence-corrected chi connectivity index (χ0v) is 13.7. The van der Waals surface area contributed by atoms with Gasteiger partial charge in [-0.25, -0.2) is 4.79 Å². The number of carbonyl (C=O) groups excluding carboxylic acids is 3. The maximum atomic E-state index is 13.3. The number of halogens is 2. The molecule has 0 bridgehead atoms. The summed E-state index contributed by atoms with van der Waals surface area (Å²) in [7, 11) is -2.96. The quantitative estimate of drug-likeness (QED) is 0.458. The molecule has 0 atom stereocenters. The maximum Gasteiger partial charge on any atom is 0.678 e. The van der Waals surface area contributed by atoms with E-state index in [1.165, 1.54) is 12.1 Å². The Morgan fingerprint density at radius 3 is 2.31 bits per heavy atom. The van der Waals surface area contributed by atoms with Gasteiger partial charge in [0.05, 0.1) is 5.56 Å². The summed E-state index contributed by atoms with van der Waals surface area (Å²) in [6.07, 6.45) is 4.33. The second-order valence-electron chi connectivity index (χ2n) is 5.89. The Hall–Kier alpha value is -2.85. The van der Waals surface area contributed by atoms with Gasteiger partial charge in [-0.15, -0.1) is 10.2 Å². The van der Waals surface area contributed by atoms with Crippen molar-refractivity contribution in [3.63, 3.8) is 0 Å². The van der Waals surface area contributed by atoms with Crippen LogP contribution in [0.3, 0.4) is 0 Å². The number of hydroxylamine groups is 2. The SMILES string of the molecule is O=C(ON1C(=O)CCC1=O)c1cc/c(=N/N=C2CCCC2)n(B(F)F)c1. The maximum absolute atomic E-state index is 13.3. The third-order valence-electron chi connectivity index (χ3n) is 4.06. The first-order valence-electron chi connectivity index (χ1n) is 8.13. The molecule has 0 N–H and O–H groups in total. The summed E-state index contributed by atoms with van der Waals surface area (Å²) in [6, 6.07) is 2.43. The molecule has 1 aliphatic heterocycles. The van der Waals surface area contributed by atoms with E-state index in [0.29, 0.717) is 9.54 Å². The highest BCUT2D eigenvalue weighted by atomic mass is 19.2. The fourth-order valence-corrected chi connectivity index (χ4v) is 2.67. The van der Waals surface area contributed by atoms with Gasteiger partial charge in [0.25, 0.3) is 11.8 Å². The van der Waals surface area contributed by atoms with Crippen LogP contribution >= 0.6 is 0 Å². The Balaban J connectivity index is 1.85. The number of hydrogen-bond donors (Lipinski definition) is 0. The normalized spacial score (nSPS) is 17.8. The number of amides is 2. The fraction of sp³-hybridized carbons (Fsp3) is 0.400. The van der Waals surface area contributed by atoms with Crippen LogP contribution in [-0.2, 0) is 14.4 Å². The Morgan fingerprint density at radius 2 is 1.69 bits per heavy atom. The van der Waals surface area contributed by atoms with Crippen LogP contribution < -0.4 is 5.49 Å². The highest BCUT2D eigenvalue weighted by Crippen LogP contribution is 2.15. The van der Waals surface area contributed by atoms with Gasteiger partial charge >= 0.3 is 13.4 Å². The molecular formula is C15H15BF2N4O4. The molecule has 8 nitrogen and oxygen atoms in total. The second-order valence-corrected chi connectivity index (χ2v) is 5.89. The molecule has 3 rings (SSSR count). The van der Waals surface area contributed by atoms with Crippen LogP contribution in [0.2, 0.25) is 0 Å². The molecule has 1 saturated carbocycles. The average Bonchev–Trinajstić information content (AvgIpc) is 3.25. The topological polar surface area (TPSA) is 93.3 Å². The lowest BCUT2D eigenvalue weighted by molar-refractivity contribution is -0.172. The second kappa shape index (κ2) is 7.59. The minimum Gasteiger partial charge on any atom is -0.325 e. The molecule has 1 saturated heterocycles. The van der Waals surface area contributed by atoms with E-state index in [9.17, 15) is 23.0 Å². The smallest absolute Gasteiger partial charge is 0.325 e. The molecule has 1 aliphatic carbocycles. The molecule has 1 aromatic rings. The molecule has 2 heterocycles. The largest absolute Gasteiger partial charge is 0.678 e. The van der Waals surface area contributed by atoms with Crippen molar-refractivity contribution in [1.29, 1.82) is 0 Å². The Kier molecular flexibility index (Phi) is 5.24. The molecule has 11 heteroatoms. The molecule has 26 heavy (non-hydrogen) atoms. The van der Waals surface area contributed by atoms with Crippen molar-refractivity contribution in [3.05, 3.63) is 29.4 Å². The number of pyridine rings is 1. The van der Waals surface area contributed by atoms with Crippen LogP contribution in [0.25, 0.3) is 0 Å². The molecule has 2 amide bonds. The molecular weight excluding hydrogens is 349 g/mol. The predicted octanol–water partition coefficient (Wildman–Crippen LogP) is 1.31. The lowest BCUT2D eigenvalue weighted by Gasteiger charge is -2.13. The standard InChI is InChI=1S/C15H15BF2N4O4/c17-16(18)21-9-10(15(25)26-22-13(23)7-8-14(22)24)5-6-12(21)20-19-11-3-1-2-4-11/h5-6,9H,1-4,7-8H2/b20-12-. The van der Waals surface area contributed by atoms with Crippen LogP contribution in [0, 0.1) is 0 Å². The van der Waals surface area contributed by atoms with E-state index >= 15 is 0 Å². The number of rotatable bonds is 4. The third-order valence-corrected chi connectivity index (χ3v) is 4.06. The molecule has 0 aromatic carbocycles. The highest BCUT2D eigenvalue weighted by molar-refractivity contribution is 6.40. The van der Waals surface area contributed by atoms with Gasteiger partial charge in [0, 0.05) is 24.8 Å². The number of hydrogen-bond acceptors (Lipinski definition) is 6. The summed E-state index contributed by atoms with van der Waals surface area (Å²) in [4.78, 5) is 39.7. The zero-order chi connectivity index (χ0) is 18.7. The fourth-order valence-electron chi connectivity index (χ4n) is 2.67.